The molecule has 2 aromatic heterocycles. The number of nitrogens with zero attached hydrogens (tertiary/aromatic N) is 5. The second kappa shape index (κ2) is 7.80. The van der Waals surface area contributed by atoms with Crippen molar-refractivity contribution in [3.8, 4) is 5.75 Å². The molecular formula is C22H30N6O. The molecule has 0 saturated carbocycles. The summed E-state index contributed by atoms with van der Waals surface area (Å²) >= 11 is 0. The number of ether oxygens (including phenoxy) is 1. The van der Waals surface area contributed by atoms with Crippen LogP contribution in [0.25, 0.3) is 10.9 Å². The molecule has 4 heterocycles. The van der Waals surface area contributed by atoms with Crippen LogP contribution in [0, 0.1) is 0 Å². The predicted octanol–water partition coefficient (Wildman–Crippen LogP) is 2.30. The minimum Gasteiger partial charge on any atom is -0.497 e. The Hall–Kier alpha value is -2.38. The van der Waals surface area contributed by atoms with Crippen molar-refractivity contribution in [2.45, 2.75) is 38.3 Å². The minimum atomic E-state index is 0.471. The highest BCUT2D eigenvalue weighted by molar-refractivity contribution is 5.85. The van der Waals surface area contributed by atoms with Crippen LogP contribution in [0.2, 0.25) is 0 Å². The molecule has 0 bridgehead atoms. The highest BCUT2D eigenvalue weighted by atomic mass is 16.5. The molecule has 3 aromatic rings. The zero-order chi connectivity index (χ0) is 19.8. The molecule has 0 amide bonds. The molecule has 1 N–H and O–H groups in total. The monoisotopic (exact) mass is 394 g/mol. The van der Waals surface area contributed by atoms with E-state index in [4.69, 9.17) is 4.74 Å². The summed E-state index contributed by atoms with van der Waals surface area (Å²) in [5.74, 6) is 3.71. The Balaban J connectivity index is 1.36. The maximum atomic E-state index is 5.40. The number of rotatable bonds is 4. The third kappa shape index (κ3) is 3.53. The molecule has 2 aliphatic rings. The van der Waals surface area contributed by atoms with E-state index in [1.54, 1.807) is 7.11 Å². The van der Waals surface area contributed by atoms with Crippen LogP contribution in [-0.2, 0) is 26.6 Å². The van der Waals surface area contributed by atoms with E-state index in [1.807, 2.05) is 0 Å². The zero-order valence-electron chi connectivity index (χ0n) is 17.4. The van der Waals surface area contributed by atoms with Gasteiger partial charge in [-0.25, -0.2) is 0 Å². The molecule has 0 radical (unpaired) electrons. The van der Waals surface area contributed by atoms with Gasteiger partial charge < -0.3 is 19.2 Å². The quantitative estimate of drug-likeness (QED) is 0.736. The van der Waals surface area contributed by atoms with Crippen molar-refractivity contribution in [3.05, 3.63) is 41.6 Å². The number of piperidine rings is 1. The molecule has 7 heteroatoms. The number of methoxy groups -OCH3 is 1. The van der Waals surface area contributed by atoms with E-state index >= 15 is 0 Å². The van der Waals surface area contributed by atoms with Crippen LogP contribution in [0.5, 0.6) is 5.75 Å². The lowest BCUT2D eigenvalue weighted by Gasteiger charge is -2.32. The van der Waals surface area contributed by atoms with Crippen molar-refractivity contribution in [3.63, 3.8) is 0 Å². The first-order valence-corrected chi connectivity index (χ1v) is 10.7. The Morgan fingerprint density at radius 1 is 1.21 bits per heavy atom. The lowest BCUT2D eigenvalue weighted by Crippen LogP contribution is -2.35. The number of benzene rings is 1. The number of hydrogen-bond donors (Lipinski definition) is 1. The molecule has 29 heavy (non-hydrogen) atoms. The molecule has 7 nitrogen and oxygen atoms in total. The standard InChI is InChI=1S/C22H30N6O/c1-26-13-17(19-6-5-18(29-2)12-20(19)26)15-27-10-3-4-16(14-27)22-25-24-21-7-8-23-9-11-28(21)22/h5-6,12-13,16,23H,3-4,7-11,14-15H2,1-2H3/t16-/m1/s1. The van der Waals surface area contributed by atoms with Gasteiger partial charge in [0.15, 0.2) is 0 Å². The predicted molar refractivity (Wildman–Crippen MR) is 113 cm³/mol. The summed E-state index contributed by atoms with van der Waals surface area (Å²) in [6.07, 6.45) is 5.66. The number of aromatic nitrogens is 4. The van der Waals surface area contributed by atoms with Crippen LogP contribution in [-0.4, -0.2) is 57.5 Å². The third-order valence-electron chi connectivity index (χ3n) is 6.44. The number of hydrogen-bond acceptors (Lipinski definition) is 5. The van der Waals surface area contributed by atoms with E-state index in [2.05, 4.69) is 61.0 Å². The van der Waals surface area contributed by atoms with Crippen LogP contribution in [0.4, 0.5) is 0 Å². The molecule has 1 fully saturated rings. The van der Waals surface area contributed by atoms with Crippen LogP contribution in [0.3, 0.4) is 0 Å². The molecule has 0 unspecified atom stereocenters. The van der Waals surface area contributed by atoms with E-state index in [9.17, 15) is 0 Å². The Bertz CT molecular complexity index is 1010. The molecule has 0 aliphatic carbocycles. The number of aryl methyl sites for hydroxylation is 1. The fourth-order valence-electron chi connectivity index (χ4n) is 4.95. The first-order valence-electron chi connectivity index (χ1n) is 10.7. The van der Waals surface area contributed by atoms with Gasteiger partial charge in [0.25, 0.3) is 0 Å². The summed E-state index contributed by atoms with van der Waals surface area (Å²) in [5.41, 5.74) is 2.61. The van der Waals surface area contributed by atoms with Gasteiger partial charge in [-0.1, -0.05) is 0 Å². The second-order valence-electron chi connectivity index (χ2n) is 8.35. The lowest BCUT2D eigenvalue weighted by atomic mass is 9.96. The molecule has 2 aliphatic heterocycles. The van der Waals surface area contributed by atoms with Gasteiger partial charge in [0.05, 0.1) is 12.6 Å². The van der Waals surface area contributed by atoms with Gasteiger partial charge in [-0.05, 0) is 37.1 Å². The van der Waals surface area contributed by atoms with Gasteiger partial charge in [-0.3, -0.25) is 4.90 Å². The van der Waals surface area contributed by atoms with Gasteiger partial charge in [-0.15, -0.1) is 10.2 Å². The molecule has 1 atom stereocenters. The molecule has 0 spiro atoms. The van der Waals surface area contributed by atoms with Gasteiger partial charge in [-0.2, -0.15) is 0 Å². The Morgan fingerprint density at radius 3 is 3.03 bits per heavy atom. The van der Waals surface area contributed by atoms with Gasteiger partial charge >= 0.3 is 0 Å². The highest BCUT2D eigenvalue weighted by Crippen LogP contribution is 2.30. The Labute approximate surface area is 171 Å². The molecule has 1 saturated heterocycles. The third-order valence-corrected chi connectivity index (χ3v) is 6.44. The van der Waals surface area contributed by atoms with Crippen LogP contribution in [0.1, 0.15) is 36.0 Å². The smallest absolute Gasteiger partial charge is 0.137 e. The fraction of sp³-hybridized carbons (Fsp3) is 0.545. The molecule has 5 rings (SSSR count). The summed E-state index contributed by atoms with van der Waals surface area (Å²) in [6.45, 7) is 6.17. The normalized spacial score (nSPS) is 20.6. The first-order chi connectivity index (χ1) is 14.2. The van der Waals surface area contributed by atoms with Gasteiger partial charge in [0.1, 0.15) is 17.4 Å². The highest BCUT2D eigenvalue weighted by Gasteiger charge is 2.27. The Morgan fingerprint density at radius 2 is 2.14 bits per heavy atom. The summed E-state index contributed by atoms with van der Waals surface area (Å²) in [7, 11) is 3.84. The van der Waals surface area contributed by atoms with E-state index in [-0.39, 0.29) is 0 Å². The van der Waals surface area contributed by atoms with E-state index in [0.29, 0.717) is 5.92 Å². The van der Waals surface area contributed by atoms with Gasteiger partial charge in [0.2, 0.25) is 0 Å². The SMILES string of the molecule is COc1ccc2c(CN3CCC[C@@H](c4nnc5n4CCNCC5)C3)cn(C)c2c1. The number of fused-ring (bicyclic) bond motifs is 2. The van der Waals surface area contributed by atoms with Crippen molar-refractivity contribution in [2.75, 3.05) is 33.3 Å². The lowest BCUT2D eigenvalue weighted by molar-refractivity contribution is 0.195. The zero-order valence-corrected chi connectivity index (χ0v) is 17.4. The molecular weight excluding hydrogens is 364 g/mol. The second-order valence-corrected chi connectivity index (χ2v) is 8.35. The molecule has 154 valence electrons. The minimum absolute atomic E-state index is 0.471. The van der Waals surface area contributed by atoms with Gasteiger partial charge in [0, 0.05) is 69.8 Å². The van der Waals surface area contributed by atoms with Crippen molar-refractivity contribution < 1.29 is 4.74 Å². The van der Waals surface area contributed by atoms with Crippen molar-refractivity contribution in [1.29, 1.82) is 0 Å². The number of likely N-dealkylation sites (tertiary alicyclic amines) is 1. The van der Waals surface area contributed by atoms with E-state index in [1.165, 1.54) is 35.1 Å². The summed E-state index contributed by atoms with van der Waals surface area (Å²) in [4.78, 5) is 2.59. The van der Waals surface area contributed by atoms with Crippen LogP contribution < -0.4 is 10.1 Å². The summed E-state index contributed by atoms with van der Waals surface area (Å²) < 4.78 is 9.98. The average molecular weight is 395 g/mol. The summed E-state index contributed by atoms with van der Waals surface area (Å²) in [6, 6.07) is 6.37. The number of nitrogens with one attached hydrogen (secondary N) is 1. The van der Waals surface area contributed by atoms with E-state index in [0.717, 1.165) is 57.3 Å². The fourth-order valence-corrected chi connectivity index (χ4v) is 4.95. The maximum absolute atomic E-state index is 5.40. The topological polar surface area (TPSA) is 60.1 Å². The maximum Gasteiger partial charge on any atom is 0.137 e. The van der Waals surface area contributed by atoms with Crippen molar-refractivity contribution in [2.24, 2.45) is 7.05 Å². The first kappa shape index (κ1) is 18.6. The Kier molecular flexibility index (Phi) is 5.01. The van der Waals surface area contributed by atoms with Crippen molar-refractivity contribution in [1.82, 2.24) is 29.5 Å². The van der Waals surface area contributed by atoms with Crippen LogP contribution >= 0.6 is 0 Å². The summed E-state index contributed by atoms with van der Waals surface area (Å²) in [5, 5.41) is 13.9. The van der Waals surface area contributed by atoms with Crippen molar-refractivity contribution >= 4 is 10.9 Å². The van der Waals surface area contributed by atoms with E-state index < -0.39 is 0 Å². The van der Waals surface area contributed by atoms with Crippen LogP contribution in [0.15, 0.2) is 24.4 Å². The largest absolute Gasteiger partial charge is 0.497 e. The molecule has 1 aromatic carbocycles. The average Bonchev–Trinajstić information content (AvgIpc) is 3.19.